The zero-order valence-corrected chi connectivity index (χ0v) is 12.1. The molecule has 4 heteroatoms. The molecule has 1 saturated heterocycles. The highest BCUT2D eigenvalue weighted by Gasteiger charge is 2.38. The van der Waals surface area contributed by atoms with E-state index in [1.165, 1.54) is 25.0 Å². The molecule has 20 heavy (non-hydrogen) atoms. The van der Waals surface area contributed by atoms with Crippen molar-refractivity contribution in [2.45, 2.75) is 45.2 Å². The van der Waals surface area contributed by atoms with Gasteiger partial charge in [-0.2, -0.15) is 0 Å². The van der Waals surface area contributed by atoms with Crippen LogP contribution in [0.2, 0.25) is 0 Å². The summed E-state index contributed by atoms with van der Waals surface area (Å²) in [5.41, 5.74) is 0.682. The van der Waals surface area contributed by atoms with Crippen LogP contribution in [-0.4, -0.2) is 25.2 Å². The number of aryl methyl sites for hydroxylation is 1. The molecule has 1 saturated carbocycles. The van der Waals surface area contributed by atoms with Gasteiger partial charge in [-0.1, -0.05) is 13.0 Å². The quantitative estimate of drug-likeness (QED) is 0.914. The van der Waals surface area contributed by atoms with Gasteiger partial charge in [0.1, 0.15) is 11.5 Å². The lowest BCUT2D eigenvalue weighted by Gasteiger charge is -2.42. The fourth-order valence-corrected chi connectivity index (χ4v) is 3.18. The number of rotatable bonds is 3. The molecule has 2 fully saturated rings. The van der Waals surface area contributed by atoms with Crippen molar-refractivity contribution < 1.29 is 8.78 Å². The van der Waals surface area contributed by atoms with Crippen LogP contribution in [0.5, 0.6) is 0 Å². The van der Waals surface area contributed by atoms with Gasteiger partial charge < -0.3 is 10.2 Å². The third-order valence-electron chi connectivity index (χ3n) is 4.66. The molecule has 0 bridgehead atoms. The van der Waals surface area contributed by atoms with Gasteiger partial charge in [0.15, 0.2) is 5.82 Å². The molecule has 1 aliphatic carbocycles. The monoisotopic (exact) mass is 280 g/mol. The van der Waals surface area contributed by atoms with E-state index < -0.39 is 11.6 Å². The van der Waals surface area contributed by atoms with Crippen LogP contribution in [0.3, 0.4) is 0 Å². The number of hydrogen-bond acceptors (Lipinski definition) is 2. The summed E-state index contributed by atoms with van der Waals surface area (Å²) in [5, 5.41) is 3.55. The molecule has 0 aromatic heterocycles. The lowest BCUT2D eigenvalue weighted by atomic mass is 10.0. The lowest BCUT2D eigenvalue weighted by Crippen LogP contribution is -2.57. The smallest absolute Gasteiger partial charge is 0.152 e. The highest BCUT2D eigenvalue weighted by molar-refractivity contribution is 5.53. The molecular weight excluding hydrogens is 258 g/mol. The number of anilines is 1. The first-order valence-electron chi connectivity index (χ1n) is 7.56. The number of nitrogens with zero attached hydrogens (tertiary/aromatic N) is 1. The molecule has 1 aromatic carbocycles. The molecule has 0 amide bonds. The second-order valence-corrected chi connectivity index (χ2v) is 6.09. The summed E-state index contributed by atoms with van der Waals surface area (Å²) in [6.07, 6.45) is 3.36. The number of halogens is 2. The fourth-order valence-electron chi connectivity index (χ4n) is 3.18. The molecule has 1 aliphatic heterocycles. The SMILES string of the molecule is CCC1CNC(C2CC2)CN1c1c(F)ccc(C)c1F. The van der Waals surface area contributed by atoms with Crippen molar-refractivity contribution in [3.63, 3.8) is 0 Å². The van der Waals surface area contributed by atoms with E-state index in [1.807, 2.05) is 4.90 Å². The zero-order valence-electron chi connectivity index (χ0n) is 12.1. The maximum absolute atomic E-state index is 14.4. The summed E-state index contributed by atoms with van der Waals surface area (Å²) in [6.45, 7) is 5.28. The van der Waals surface area contributed by atoms with Crippen LogP contribution in [0, 0.1) is 24.5 Å². The van der Waals surface area contributed by atoms with Gasteiger partial charge in [0.25, 0.3) is 0 Å². The molecule has 1 N–H and O–H groups in total. The number of benzene rings is 1. The number of nitrogens with one attached hydrogen (secondary N) is 1. The van der Waals surface area contributed by atoms with Crippen molar-refractivity contribution >= 4 is 5.69 Å². The molecule has 2 atom stereocenters. The Hall–Kier alpha value is -1.16. The summed E-state index contributed by atoms with van der Waals surface area (Å²) in [4.78, 5) is 1.96. The van der Waals surface area contributed by atoms with Gasteiger partial charge in [0, 0.05) is 25.2 Å². The number of piperazine rings is 1. The maximum atomic E-state index is 14.4. The standard InChI is InChI=1S/C16H22F2N2/c1-3-12-8-19-14(11-5-6-11)9-20(12)16-13(17)7-4-10(2)15(16)18/h4,7,11-12,14,19H,3,5-6,8-9H2,1-2H3. The zero-order chi connectivity index (χ0) is 14.3. The third kappa shape index (κ3) is 2.41. The van der Waals surface area contributed by atoms with Crippen LogP contribution in [-0.2, 0) is 0 Å². The Morgan fingerprint density at radius 3 is 2.70 bits per heavy atom. The molecule has 110 valence electrons. The molecule has 2 aliphatic rings. The molecule has 1 aromatic rings. The van der Waals surface area contributed by atoms with E-state index >= 15 is 0 Å². The van der Waals surface area contributed by atoms with E-state index in [9.17, 15) is 8.78 Å². The predicted octanol–water partition coefficient (Wildman–Crippen LogP) is 3.24. The Bertz CT molecular complexity index is 499. The maximum Gasteiger partial charge on any atom is 0.152 e. The average molecular weight is 280 g/mol. The van der Waals surface area contributed by atoms with E-state index in [0.29, 0.717) is 24.1 Å². The molecule has 2 unspecified atom stereocenters. The summed E-state index contributed by atoms with van der Waals surface area (Å²) >= 11 is 0. The molecular formula is C16H22F2N2. The first kappa shape index (κ1) is 13.8. The van der Waals surface area contributed by atoms with E-state index in [0.717, 1.165) is 13.0 Å². The Morgan fingerprint density at radius 1 is 1.30 bits per heavy atom. The summed E-state index contributed by atoms with van der Waals surface area (Å²) in [6, 6.07) is 3.43. The lowest BCUT2D eigenvalue weighted by molar-refractivity contribution is 0.353. The summed E-state index contributed by atoms with van der Waals surface area (Å²) in [5.74, 6) is -0.158. The van der Waals surface area contributed by atoms with E-state index in [1.54, 1.807) is 6.92 Å². The van der Waals surface area contributed by atoms with Crippen molar-refractivity contribution in [3.05, 3.63) is 29.3 Å². The van der Waals surface area contributed by atoms with Crippen molar-refractivity contribution in [1.82, 2.24) is 5.32 Å². The molecule has 2 nitrogen and oxygen atoms in total. The van der Waals surface area contributed by atoms with E-state index in [4.69, 9.17) is 0 Å². The largest absolute Gasteiger partial charge is 0.361 e. The first-order valence-corrected chi connectivity index (χ1v) is 7.56. The Labute approximate surface area is 119 Å². The summed E-state index contributed by atoms with van der Waals surface area (Å²) < 4.78 is 28.6. The van der Waals surface area contributed by atoms with Crippen LogP contribution in [0.25, 0.3) is 0 Å². The minimum absolute atomic E-state index is 0.163. The highest BCUT2D eigenvalue weighted by atomic mass is 19.1. The van der Waals surface area contributed by atoms with Crippen molar-refractivity contribution in [2.75, 3.05) is 18.0 Å². The van der Waals surface area contributed by atoms with Crippen molar-refractivity contribution in [1.29, 1.82) is 0 Å². The van der Waals surface area contributed by atoms with Crippen LogP contribution < -0.4 is 10.2 Å². The topological polar surface area (TPSA) is 15.3 Å². The van der Waals surface area contributed by atoms with Gasteiger partial charge in [-0.3, -0.25) is 0 Å². The van der Waals surface area contributed by atoms with Gasteiger partial charge >= 0.3 is 0 Å². The molecule has 0 radical (unpaired) electrons. The normalized spacial score (nSPS) is 26.9. The molecule has 1 heterocycles. The fraction of sp³-hybridized carbons (Fsp3) is 0.625. The van der Waals surface area contributed by atoms with Crippen molar-refractivity contribution in [3.8, 4) is 0 Å². The van der Waals surface area contributed by atoms with Crippen LogP contribution >= 0.6 is 0 Å². The minimum Gasteiger partial charge on any atom is -0.361 e. The second-order valence-electron chi connectivity index (χ2n) is 6.09. The Balaban J connectivity index is 1.94. The van der Waals surface area contributed by atoms with Gasteiger partial charge in [-0.25, -0.2) is 8.78 Å². The average Bonchev–Trinajstić information content (AvgIpc) is 3.28. The second kappa shape index (κ2) is 5.32. The van der Waals surface area contributed by atoms with Crippen molar-refractivity contribution in [2.24, 2.45) is 5.92 Å². The van der Waals surface area contributed by atoms with E-state index in [-0.39, 0.29) is 11.7 Å². The van der Waals surface area contributed by atoms with E-state index in [2.05, 4.69) is 12.2 Å². The Kier molecular flexibility index (Phi) is 3.67. The van der Waals surface area contributed by atoms with Crippen LogP contribution in [0.4, 0.5) is 14.5 Å². The van der Waals surface area contributed by atoms with Gasteiger partial charge in [0.05, 0.1) is 0 Å². The van der Waals surface area contributed by atoms with Gasteiger partial charge in [-0.15, -0.1) is 0 Å². The van der Waals surface area contributed by atoms with Crippen LogP contribution in [0.15, 0.2) is 12.1 Å². The van der Waals surface area contributed by atoms with Gasteiger partial charge in [0.2, 0.25) is 0 Å². The number of hydrogen-bond donors (Lipinski definition) is 1. The highest BCUT2D eigenvalue weighted by Crippen LogP contribution is 2.37. The minimum atomic E-state index is -0.442. The molecule has 3 rings (SSSR count). The Morgan fingerprint density at radius 2 is 2.05 bits per heavy atom. The van der Waals surface area contributed by atoms with Crippen LogP contribution in [0.1, 0.15) is 31.7 Å². The third-order valence-corrected chi connectivity index (χ3v) is 4.66. The van der Waals surface area contributed by atoms with Gasteiger partial charge in [-0.05, 0) is 43.7 Å². The first-order chi connectivity index (χ1) is 9.61. The summed E-state index contributed by atoms with van der Waals surface area (Å²) in [7, 11) is 0. The predicted molar refractivity (Wildman–Crippen MR) is 77.0 cm³/mol. The molecule has 0 spiro atoms.